The summed E-state index contributed by atoms with van der Waals surface area (Å²) in [6.45, 7) is 5.90. The Hall–Kier alpha value is -1.60. The number of piperazine rings is 1. The van der Waals surface area contributed by atoms with Crippen LogP contribution < -0.4 is 10.2 Å². The van der Waals surface area contributed by atoms with Gasteiger partial charge in [-0.15, -0.1) is 0 Å². The van der Waals surface area contributed by atoms with Crippen LogP contribution in [-0.4, -0.2) is 25.2 Å². The van der Waals surface area contributed by atoms with E-state index in [1.807, 2.05) is 6.07 Å². The zero-order valence-electron chi connectivity index (χ0n) is 10.1. The van der Waals surface area contributed by atoms with Crippen molar-refractivity contribution in [3.8, 4) is 6.07 Å². The number of hydrogen-bond acceptors (Lipinski definition) is 3. The number of nitriles is 1. The van der Waals surface area contributed by atoms with Crippen molar-refractivity contribution in [3.63, 3.8) is 0 Å². The van der Waals surface area contributed by atoms with Crippen molar-refractivity contribution >= 4 is 5.69 Å². The molecule has 1 fully saturated rings. The molecule has 0 spiro atoms. The minimum atomic E-state index is -0.350. The molecule has 17 heavy (non-hydrogen) atoms. The average Bonchev–Trinajstić information content (AvgIpc) is 2.31. The predicted molar refractivity (Wildman–Crippen MR) is 65.4 cm³/mol. The number of nitrogens with one attached hydrogen (secondary N) is 1. The normalized spacial score (nSPS) is 24.5. The summed E-state index contributed by atoms with van der Waals surface area (Å²) in [5.74, 6) is -0.350. The van der Waals surface area contributed by atoms with Crippen molar-refractivity contribution in [2.75, 3.05) is 18.0 Å². The second-order valence-corrected chi connectivity index (χ2v) is 4.62. The summed E-state index contributed by atoms with van der Waals surface area (Å²) in [6.07, 6.45) is 0. The van der Waals surface area contributed by atoms with Gasteiger partial charge in [-0.05, 0) is 32.0 Å². The molecule has 90 valence electrons. The highest BCUT2D eigenvalue weighted by Crippen LogP contribution is 2.22. The van der Waals surface area contributed by atoms with Gasteiger partial charge in [-0.25, -0.2) is 4.39 Å². The van der Waals surface area contributed by atoms with Crippen molar-refractivity contribution in [2.45, 2.75) is 25.9 Å². The van der Waals surface area contributed by atoms with Crippen LogP contribution in [0.5, 0.6) is 0 Å². The standard InChI is InChI=1S/C13H16FN3/c1-9-8-17(10(2)7-16-9)13-4-11(6-15)3-12(14)5-13/h3-5,9-10,16H,7-8H2,1-2H3. The molecule has 0 saturated carbocycles. The Labute approximate surface area is 101 Å². The molecule has 1 aromatic carbocycles. The number of rotatable bonds is 1. The average molecular weight is 233 g/mol. The second kappa shape index (κ2) is 4.72. The van der Waals surface area contributed by atoms with Crippen molar-refractivity contribution in [1.29, 1.82) is 5.26 Å². The maximum absolute atomic E-state index is 13.4. The van der Waals surface area contributed by atoms with Crippen LogP contribution >= 0.6 is 0 Å². The fourth-order valence-electron chi connectivity index (χ4n) is 2.19. The van der Waals surface area contributed by atoms with Gasteiger partial charge in [0.2, 0.25) is 0 Å². The van der Waals surface area contributed by atoms with Gasteiger partial charge in [0.1, 0.15) is 5.82 Å². The highest BCUT2D eigenvalue weighted by molar-refractivity contribution is 5.53. The van der Waals surface area contributed by atoms with Crippen LogP contribution in [0.25, 0.3) is 0 Å². The summed E-state index contributed by atoms with van der Waals surface area (Å²) in [4.78, 5) is 2.14. The van der Waals surface area contributed by atoms with E-state index in [0.717, 1.165) is 18.8 Å². The molecular formula is C13H16FN3. The Morgan fingerprint density at radius 2 is 2.18 bits per heavy atom. The van der Waals surface area contributed by atoms with Crippen molar-refractivity contribution in [1.82, 2.24) is 5.32 Å². The molecule has 0 radical (unpaired) electrons. The minimum absolute atomic E-state index is 0.305. The molecule has 0 aliphatic carbocycles. The molecule has 2 unspecified atom stereocenters. The smallest absolute Gasteiger partial charge is 0.126 e. The summed E-state index contributed by atoms with van der Waals surface area (Å²) in [7, 11) is 0. The SMILES string of the molecule is CC1CN(c2cc(F)cc(C#N)c2)C(C)CN1. The summed E-state index contributed by atoms with van der Waals surface area (Å²) in [6, 6.07) is 7.18. The molecule has 0 aromatic heterocycles. The number of halogens is 1. The van der Waals surface area contributed by atoms with Gasteiger partial charge < -0.3 is 10.2 Å². The molecule has 0 amide bonds. The van der Waals surface area contributed by atoms with Gasteiger partial charge in [0, 0.05) is 30.9 Å². The van der Waals surface area contributed by atoms with Crippen molar-refractivity contribution < 1.29 is 4.39 Å². The third-order valence-corrected chi connectivity index (χ3v) is 3.11. The van der Waals surface area contributed by atoms with Crippen LogP contribution in [0.2, 0.25) is 0 Å². The summed E-state index contributed by atoms with van der Waals surface area (Å²) in [5.41, 5.74) is 1.17. The van der Waals surface area contributed by atoms with Gasteiger partial charge in [-0.2, -0.15) is 5.26 Å². The van der Waals surface area contributed by atoms with E-state index in [9.17, 15) is 4.39 Å². The third kappa shape index (κ3) is 2.56. The first-order chi connectivity index (χ1) is 8.10. The van der Waals surface area contributed by atoms with Gasteiger partial charge in [-0.1, -0.05) is 0 Å². The molecule has 2 atom stereocenters. The largest absolute Gasteiger partial charge is 0.366 e. The molecule has 3 nitrogen and oxygen atoms in total. The molecule has 1 aromatic rings. The maximum Gasteiger partial charge on any atom is 0.126 e. The van der Waals surface area contributed by atoms with Crippen LogP contribution in [0.1, 0.15) is 19.4 Å². The van der Waals surface area contributed by atoms with E-state index in [4.69, 9.17) is 5.26 Å². The van der Waals surface area contributed by atoms with Crippen LogP contribution in [0.3, 0.4) is 0 Å². The number of nitrogens with zero attached hydrogens (tertiary/aromatic N) is 2. The molecule has 1 saturated heterocycles. The first kappa shape index (κ1) is 11.9. The molecule has 1 heterocycles. The van der Waals surface area contributed by atoms with Crippen LogP contribution in [0.15, 0.2) is 18.2 Å². The summed E-state index contributed by atoms with van der Waals surface area (Å²) >= 11 is 0. The fourth-order valence-corrected chi connectivity index (χ4v) is 2.19. The first-order valence-corrected chi connectivity index (χ1v) is 5.81. The van der Waals surface area contributed by atoms with Crippen LogP contribution in [-0.2, 0) is 0 Å². The summed E-state index contributed by atoms with van der Waals surface area (Å²) in [5, 5.41) is 12.2. The van der Waals surface area contributed by atoms with Crippen molar-refractivity contribution in [2.24, 2.45) is 0 Å². The maximum atomic E-state index is 13.4. The van der Waals surface area contributed by atoms with Crippen molar-refractivity contribution in [3.05, 3.63) is 29.6 Å². The van der Waals surface area contributed by atoms with E-state index in [2.05, 4.69) is 24.1 Å². The van der Waals surface area contributed by atoms with E-state index >= 15 is 0 Å². The van der Waals surface area contributed by atoms with Gasteiger partial charge in [0.05, 0.1) is 11.6 Å². The Kier molecular flexibility index (Phi) is 3.30. The first-order valence-electron chi connectivity index (χ1n) is 5.81. The second-order valence-electron chi connectivity index (χ2n) is 4.62. The van der Waals surface area contributed by atoms with Gasteiger partial charge in [0.15, 0.2) is 0 Å². The molecule has 4 heteroatoms. The lowest BCUT2D eigenvalue weighted by Crippen LogP contribution is -2.54. The molecular weight excluding hydrogens is 217 g/mol. The van der Waals surface area contributed by atoms with Gasteiger partial charge in [0.25, 0.3) is 0 Å². The summed E-state index contributed by atoms with van der Waals surface area (Å²) < 4.78 is 13.4. The quantitative estimate of drug-likeness (QED) is 0.805. The Morgan fingerprint density at radius 3 is 2.88 bits per heavy atom. The van der Waals surface area contributed by atoms with Crippen LogP contribution in [0.4, 0.5) is 10.1 Å². The van der Waals surface area contributed by atoms with E-state index in [-0.39, 0.29) is 5.82 Å². The van der Waals surface area contributed by atoms with Crippen LogP contribution in [0, 0.1) is 17.1 Å². The topological polar surface area (TPSA) is 39.1 Å². The number of hydrogen-bond donors (Lipinski definition) is 1. The lowest BCUT2D eigenvalue weighted by atomic mass is 10.1. The molecule has 1 aliphatic heterocycles. The van der Waals surface area contributed by atoms with E-state index in [1.165, 1.54) is 12.1 Å². The lowest BCUT2D eigenvalue weighted by molar-refractivity contribution is 0.424. The monoisotopic (exact) mass is 233 g/mol. The fraction of sp³-hybridized carbons (Fsp3) is 0.462. The zero-order valence-corrected chi connectivity index (χ0v) is 10.1. The Balaban J connectivity index is 2.32. The third-order valence-electron chi connectivity index (χ3n) is 3.11. The van der Waals surface area contributed by atoms with Gasteiger partial charge >= 0.3 is 0 Å². The Morgan fingerprint density at radius 1 is 1.41 bits per heavy atom. The molecule has 2 rings (SSSR count). The zero-order chi connectivity index (χ0) is 12.4. The lowest BCUT2D eigenvalue weighted by Gasteiger charge is -2.39. The minimum Gasteiger partial charge on any atom is -0.366 e. The van der Waals surface area contributed by atoms with E-state index < -0.39 is 0 Å². The Bertz CT molecular complexity index is 452. The van der Waals surface area contributed by atoms with Gasteiger partial charge in [-0.3, -0.25) is 0 Å². The van der Waals surface area contributed by atoms with E-state index in [1.54, 1.807) is 6.07 Å². The number of benzene rings is 1. The highest BCUT2D eigenvalue weighted by Gasteiger charge is 2.23. The molecule has 0 bridgehead atoms. The molecule has 1 aliphatic rings. The van der Waals surface area contributed by atoms with E-state index in [0.29, 0.717) is 17.6 Å². The highest BCUT2D eigenvalue weighted by atomic mass is 19.1. The molecule has 1 N–H and O–H groups in total. The number of anilines is 1. The predicted octanol–water partition coefficient (Wildman–Crippen LogP) is 1.88.